The van der Waals surface area contributed by atoms with Crippen molar-refractivity contribution in [2.45, 2.75) is 30.4 Å². The Labute approximate surface area is 168 Å². The summed E-state index contributed by atoms with van der Waals surface area (Å²) in [5.41, 5.74) is 1.99. The summed E-state index contributed by atoms with van der Waals surface area (Å²) in [4.78, 5) is 16.5. The largest absolute Gasteiger partial charge is 0.383 e. The number of pyridine rings is 1. The third kappa shape index (κ3) is 5.17. The van der Waals surface area contributed by atoms with Crippen LogP contribution in [0, 0.1) is 0 Å². The van der Waals surface area contributed by atoms with Gasteiger partial charge in [-0.2, -0.15) is 0 Å². The summed E-state index contributed by atoms with van der Waals surface area (Å²) in [6.45, 7) is 3.50. The minimum absolute atomic E-state index is 0.0411. The summed E-state index contributed by atoms with van der Waals surface area (Å²) in [7, 11) is 1.66. The second-order valence-electron chi connectivity index (χ2n) is 6.15. The van der Waals surface area contributed by atoms with Crippen molar-refractivity contribution in [3.8, 4) is 11.4 Å². The molecule has 0 aliphatic carbocycles. The van der Waals surface area contributed by atoms with Gasteiger partial charge in [0.05, 0.1) is 18.4 Å². The first kappa shape index (κ1) is 20.0. The summed E-state index contributed by atoms with van der Waals surface area (Å²) in [6, 6.07) is 13.6. The van der Waals surface area contributed by atoms with Crippen molar-refractivity contribution in [1.82, 2.24) is 25.1 Å². The van der Waals surface area contributed by atoms with Gasteiger partial charge in [-0.1, -0.05) is 42.1 Å². The van der Waals surface area contributed by atoms with Crippen LogP contribution in [-0.2, 0) is 22.6 Å². The van der Waals surface area contributed by atoms with E-state index in [9.17, 15) is 4.79 Å². The Balaban J connectivity index is 1.70. The molecule has 0 saturated heterocycles. The average molecular weight is 398 g/mol. The van der Waals surface area contributed by atoms with Gasteiger partial charge < -0.3 is 10.1 Å². The molecular formula is C20H23N5O2S. The van der Waals surface area contributed by atoms with Gasteiger partial charge in [0.1, 0.15) is 0 Å². The molecule has 0 saturated carbocycles. The fourth-order valence-corrected chi connectivity index (χ4v) is 3.51. The summed E-state index contributed by atoms with van der Waals surface area (Å²) in [6.07, 6.45) is 3.44. The summed E-state index contributed by atoms with van der Waals surface area (Å²) in [5.74, 6) is 0.694. The molecule has 1 aromatic carbocycles. The lowest BCUT2D eigenvalue weighted by molar-refractivity contribution is -0.120. The molecule has 28 heavy (non-hydrogen) atoms. The molecule has 0 fully saturated rings. The lowest BCUT2D eigenvalue weighted by Gasteiger charge is -2.13. The van der Waals surface area contributed by atoms with Crippen molar-refractivity contribution in [2.75, 3.05) is 13.7 Å². The number of nitrogens with zero attached hydrogens (tertiary/aromatic N) is 4. The number of ether oxygens (including phenoxy) is 1. The second-order valence-corrected chi connectivity index (χ2v) is 7.46. The van der Waals surface area contributed by atoms with Crippen LogP contribution in [0.25, 0.3) is 11.4 Å². The van der Waals surface area contributed by atoms with E-state index in [0.717, 1.165) is 17.0 Å². The van der Waals surface area contributed by atoms with E-state index in [0.29, 0.717) is 24.9 Å². The monoisotopic (exact) mass is 397 g/mol. The zero-order valence-corrected chi connectivity index (χ0v) is 16.7. The zero-order valence-electron chi connectivity index (χ0n) is 15.9. The highest BCUT2D eigenvalue weighted by Gasteiger charge is 2.20. The highest BCUT2D eigenvalue weighted by Crippen LogP contribution is 2.26. The van der Waals surface area contributed by atoms with Gasteiger partial charge in [-0.25, -0.2) is 0 Å². The molecule has 3 rings (SSSR count). The van der Waals surface area contributed by atoms with E-state index >= 15 is 0 Å². The van der Waals surface area contributed by atoms with E-state index in [1.807, 2.05) is 54.0 Å². The van der Waals surface area contributed by atoms with Crippen LogP contribution in [0.3, 0.4) is 0 Å². The second kappa shape index (κ2) is 10.0. The first-order valence-electron chi connectivity index (χ1n) is 9.00. The van der Waals surface area contributed by atoms with E-state index < -0.39 is 0 Å². The Hall–Kier alpha value is -2.71. The maximum absolute atomic E-state index is 12.5. The van der Waals surface area contributed by atoms with E-state index in [1.54, 1.807) is 19.5 Å². The lowest BCUT2D eigenvalue weighted by Crippen LogP contribution is -2.30. The fraction of sp³-hybridized carbons (Fsp3) is 0.300. The Bertz CT molecular complexity index is 886. The first-order valence-corrected chi connectivity index (χ1v) is 9.88. The van der Waals surface area contributed by atoms with Crippen LogP contribution in [0.4, 0.5) is 0 Å². The topological polar surface area (TPSA) is 81.9 Å². The maximum Gasteiger partial charge on any atom is 0.233 e. The molecule has 0 aliphatic heterocycles. The average Bonchev–Trinajstić information content (AvgIpc) is 3.14. The van der Waals surface area contributed by atoms with Crippen LogP contribution in [0.2, 0.25) is 0 Å². The van der Waals surface area contributed by atoms with Crippen molar-refractivity contribution >= 4 is 17.7 Å². The van der Waals surface area contributed by atoms with Crippen LogP contribution in [0.5, 0.6) is 0 Å². The van der Waals surface area contributed by atoms with E-state index in [-0.39, 0.29) is 11.2 Å². The molecule has 3 aromatic rings. The van der Waals surface area contributed by atoms with E-state index in [2.05, 4.69) is 20.5 Å². The van der Waals surface area contributed by atoms with Gasteiger partial charge in [0, 0.05) is 31.6 Å². The highest BCUT2D eigenvalue weighted by molar-refractivity contribution is 8.00. The Morgan fingerprint density at radius 1 is 1.18 bits per heavy atom. The molecular weight excluding hydrogens is 374 g/mol. The molecule has 0 aliphatic rings. The SMILES string of the molecule is COCCn1c(SC(C)C(=O)NCc2ccccc2)nnc1-c1ccncc1. The first-order chi connectivity index (χ1) is 13.7. The minimum Gasteiger partial charge on any atom is -0.383 e. The number of carbonyl (C=O) groups is 1. The summed E-state index contributed by atoms with van der Waals surface area (Å²) < 4.78 is 7.20. The van der Waals surface area contributed by atoms with E-state index in [4.69, 9.17) is 4.74 Å². The maximum atomic E-state index is 12.5. The van der Waals surface area contributed by atoms with Crippen LogP contribution in [-0.4, -0.2) is 44.6 Å². The van der Waals surface area contributed by atoms with Crippen LogP contribution < -0.4 is 5.32 Å². The molecule has 2 aromatic heterocycles. The minimum atomic E-state index is -0.306. The molecule has 1 N–H and O–H groups in total. The number of carbonyl (C=O) groups excluding carboxylic acids is 1. The number of hydrogen-bond acceptors (Lipinski definition) is 6. The van der Waals surface area contributed by atoms with Gasteiger partial charge in [0.2, 0.25) is 5.91 Å². The van der Waals surface area contributed by atoms with Crippen molar-refractivity contribution in [3.63, 3.8) is 0 Å². The van der Waals surface area contributed by atoms with Gasteiger partial charge in [-0.15, -0.1) is 10.2 Å². The third-order valence-corrected chi connectivity index (χ3v) is 5.22. The number of benzene rings is 1. The number of aromatic nitrogens is 4. The number of rotatable bonds is 9. The predicted octanol–water partition coefficient (Wildman–Crippen LogP) is 2.78. The lowest BCUT2D eigenvalue weighted by atomic mass is 10.2. The van der Waals surface area contributed by atoms with Gasteiger partial charge in [-0.3, -0.25) is 14.3 Å². The van der Waals surface area contributed by atoms with Gasteiger partial charge >= 0.3 is 0 Å². The molecule has 0 spiro atoms. The normalized spacial score (nSPS) is 11.9. The summed E-state index contributed by atoms with van der Waals surface area (Å²) in [5, 5.41) is 12.0. The van der Waals surface area contributed by atoms with Crippen molar-refractivity contribution in [3.05, 3.63) is 60.4 Å². The molecule has 1 amide bonds. The highest BCUT2D eigenvalue weighted by atomic mass is 32.2. The Morgan fingerprint density at radius 3 is 2.64 bits per heavy atom. The van der Waals surface area contributed by atoms with Crippen molar-refractivity contribution in [1.29, 1.82) is 0 Å². The van der Waals surface area contributed by atoms with Gasteiger partial charge in [0.25, 0.3) is 0 Å². The zero-order chi connectivity index (χ0) is 19.8. The Morgan fingerprint density at radius 2 is 1.93 bits per heavy atom. The number of amides is 1. The van der Waals surface area contributed by atoms with E-state index in [1.165, 1.54) is 11.8 Å². The van der Waals surface area contributed by atoms with Crippen LogP contribution in [0.1, 0.15) is 12.5 Å². The Kier molecular flexibility index (Phi) is 7.16. The molecule has 7 nitrogen and oxygen atoms in total. The molecule has 0 radical (unpaired) electrons. The number of hydrogen-bond donors (Lipinski definition) is 1. The van der Waals surface area contributed by atoms with Gasteiger partial charge in [0.15, 0.2) is 11.0 Å². The van der Waals surface area contributed by atoms with Gasteiger partial charge in [-0.05, 0) is 24.6 Å². The molecule has 2 heterocycles. The smallest absolute Gasteiger partial charge is 0.233 e. The molecule has 1 atom stereocenters. The predicted molar refractivity (Wildman–Crippen MR) is 109 cm³/mol. The van der Waals surface area contributed by atoms with Crippen molar-refractivity contribution in [2.24, 2.45) is 0 Å². The summed E-state index contributed by atoms with van der Waals surface area (Å²) >= 11 is 1.39. The standard InChI is InChI=1S/C20H23N5O2S/c1-15(19(26)22-14-16-6-4-3-5-7-16)28-20-24-23-18(25(20)12-13-27-2)17-8-10-21-11-9-17/h3-11,15H,12-14H2,1-2H3,(H,22,26). The molecule has 1 unspecified atom stereocenters. The number of nitrogens with one attached hydrogen (secondary N) is 1. The van der Waals surface area contributed by atoms with Crippen LogP contribution in [0.15, 0.2) is 60.0 Å². The fourth-order valence-electron chi connectivity index (χ4n) is 2.61. The van der Waals surface area contributed by atoms with Crippen LogP contribution >= 0.6 is 11.8 Å². The number of methoxy groups -OCH3 is 1. The number of thioether (sulfide) groups is 1. The molecule has 146 valence electrons. The third-order valence-electron chi connectivity index (χ3n) is 4.14. The van der Waals surface area contributed by atoms with Crippen molar-refractivity contribution < 1.29 is 9.53 Å². The molecule has 0 bridgehead atoms. The molecule has 8 heteroatoms. The quantitative estimate of drug-likeness (QED) is 0.559.